The lowest BCUT2D eigenvalue weighted by Crippen LogP contribution is -2.44. The Morgan fingerprint density at radius 2 is 0.526 bits per heavy atom. The van der Waals surface area contributed by atoms with Crippen molar-refractivity contribution < 1.29 is 103 Å². The zero-order valence-electron chi connectivity index (χ0n) is 49.2. The molecule has 0 bridgehead atoms. The van der Waals surface area contributed by atoms with E-state index in [1.807, 2.05) is 0 Å². The van der Waals surface area contributed by atoms with Crippen LogP contribution in [0.3, 0.4) is 0 Å². The Morgan fingerprint density at radius 3 is 0.782 bits per heavy atom. The lowest BCUT2D eigenvalue weighted by molar-refractivity contribution is -0.299. The number of ether oxygens (including phenoxy) is 16. The molecule has 0 saturated carbocycles. The van der Waals surface area contributed by atoms with Gasteiger partial charge in [-0.25, -0.2) is 9.78 Å². The Morgan fingerprint density at radius 1 is 0.308 bits per heavy atom. The minimum atomic E-state index is -1.84. The molecule has 0 spiro atoms. The summed E-state index contributed by atoms with van der Waals surface area (Å²) in [6.45, 7) is 33.0. The van der Waals surface area contributed by atoms with Crippen molar-refractivity contribution >= 4 is 69.9 Å². The molecule has 0 amide bonds. The van der Waals surface area contributed by atoms with E-state index in [1.165, 1.54) is 0 Å². The Kier molecular flexibility index (Phi) is 64.1. The molecule has 468 valence electrons. The van der Waals surface area contributed by atoms with Crippen LogP contribution < -0.4 is 0 Å². The molecule has 0 aliphatic carbocycles. The second kappa shape index (κ2) is 62.7. The van der Waals surface area contributed by atoms with E-state index in [9.17, 15) is 9.59 Å². The van der Waals surface area contributed by atoms with Gasteiger partial charge in [-0.2, -0.15) is 0 Å². The summed E-state index contributed by atoms with van der Waals surface area (Å²) in [4.78, 5) is 32.4. The molecule has 0 heterocycles. The van der Waals surface area contributed by atoms with E-state index in [4.69, 9.17) is 117 Å². The molecular weight excluding hydrogens is 1140 g/mol. The van der Waals surface area contributed by atoms with E-state index in [-0.39, 0.29) is 25.0 Å². The van der Waals surface area contributed by atoms with E-state index in [0.717, 1.165) is 37.8 Å². The van der Waals surface area contributed by atoms with Crippen molar-refractivity contribution in [2.75, 3.05) is 223 Å². The lowest BCUT2D eigenvalue weighted by atomic mass is 10.3. The van der Waals surface area contributed by atoms with Crippen LogP contribution in [0.4, 0.5) is 0 Å². The number of carbonyl (C=O) groups is 2. The normalized spacial score (nSPS) is 11.9. The largest absolute Gasteiger partial charge is 0.462 e. The zero-order valence-corrected chi connectivity index (χ0v) is 55.0. The molecule has 0 radical (unpaired) electrons. The van der Waals surface area contributed by atoms with Crippen LogP contribution in [0, 0.1) is 0 Å². The fraction of sp³-hybridized carbons (Fsp3) is 0.960. The number of carbonyl (C=O) groups excluding carboxylic acids is 2. The van der Waals surface area contributed by atoms with Gasteiger partial charge >= 0.3 is 11.9 Å². The Balaban J connectivity index is 0. The summed E-state index contributed by atoms with van der Waals surface area (Å²) < 4.78 is 98.9. The summed E-state index contributed by atoms with van der Waals surface area (Å²) in [5, 5.41) is 0. The van der Waals surface area contributed by atoms with Crippen LogP contribution in [0.2, 0.25) is 64.5 Å². The monoisotopic (exact) mass is 1240 g/mol. The summed E-state index contributed by atoms with van der Waals surface area (Å²) in [6, 6.07) is 2.05. The van der Waals surface area contributed by atoms with Gasteiger partial charge in [-0.1, -0.05) is 0 Å². The molecule has 0 N–H and O–H groups in total. The van der Waals surface area contributed by atoms with Gasteiger partial charge in [0.15, 0.2) is 34.7 Å². The third-order valence-electron chi connectivity index (χ3n) is 9.68. The Labute approximate surface area is 484 Å². The second-order valence-corrected chi connectivity index (χ2v) is 33.4. The van der Waals surface area contributed by atoms with Gasteiger partial charge in [0.25, 0.3) is 0 Å². The molecule has 0 fully saturated rings. The minimum absolute atomic E-state index is 0.156. The van der Waals surface area contributed by atoms with Gasteiger partial charge in [-0.05, 0) is 90.1 Å². The first-order valence-electron chi connectivity index (χ1n) is 27.9. The molecule has 0 atom stereocenters. The molecule has 0 aromatic carbocycles. The van der Waals surface area contributed by atoms with Crippen LogP contribution in [0.5, 0.6) is 0 Å². The van der Waals surface area contributed by atoms with Gasteiger partial charge in [0, 0.05) is 19.8 Å². The van der Waals surface area contributed by atoms with Crippen LogP contribution in [-0.4, -0.2) is 270 Å². The number of esters is 2. The van der Waals surface area contributed by atoms with E-state index >= 15 is 0 Å². The average Bonchev–Trinajstić information content (AvgIpc) is 3.39. The molecule has 0 aliphatic heterocycles. The molecule has 22 nitrogen and oxygen atoms in total. The van der Waals surface area contributed by atoms with Crippen LogP contribution in [0.25, 0.3) is 0 Å². The maximum Gasteiger partial charge on any atom is 0.320 e. The molecule has 0 saturated heterocycles. The highest BCUT2D eigenvalue weighted by Gasteiger charge is 2.32. The molecule has 0 aromatic heterocycles. The van der Waals surface area contributed by atoms with Crippen molar-refractivity contribution in [1.29, 1.82) is 0 Å². The first-order chi connectivity index (χ1) is 37.7. The first kappa shape index (κ1) is 79.7. The predicted octanol–water partition coefficient (Wildman–Crippen LogP) is 5.69. The van der Waals surface area contributed by atoms with Gasteiger partial charge < -0.3 is 84.0 Å². The van der Waals surface area contributed by atoms with Gasteiger partial charge in [0.1, 0.15) is 31.6 Å². The average molecular weight is 1240 g/mol. The van der Waals surface area contributed by atoms with Gasteiger partial charge in [-0.15, -0.1) is 23.2 Å². The molecule has 0 unspecified atom stereocenters. The van der Waals surface area contributed by atoms with Gasteiger partial charge in [0.2, 0.25) is 0 Å². The quantitative estimate of drug-likeness (QED) is 0.0178. The number of hydrogen-bond acceptors (Lipinski definition) is 22. The third-order valence-corrected chi connectivity index (χ3v) is 22.0. The summed E-state index contributed by atoms with van der Waals surface area (Å²) >= 11 is 10.7. The number of rotatable bonds is 62. The first-order valence-corrected chi connectivity index (χ1v) is 40.7. The summed E-state index contributed by atoms with van der Waals surface area (Å²) in [5.74, 6) is -1.23. The summed E-state index contributed by atoms with van der Waals surface area (Å²) in [7, 11) is -4.99. The minimum Gasteiger partial charge on any atom is -0.462 e. The maximum atomic E-state index is 10.9. The smallest absolute Gasteiger partial charge is 0.320 e. The predicted molar refractivity (Wildman–Crippen MR) is 310 cm³/mol. The van der Waals surface area contributed by atoms with Gasteiger partial charge in [-0.3, -0.25) is 9.59 Å². The highest BCUT2D eigenvalue weighted by atomic mass is 35.5. The van der Waals surface area contributed by atoms with Crippen molar-refractivity contribution in [2.45, 2.75) is 90.1 Å². The molecule has 0 aliphatic rings. The van der Waals surface area contributed by atoms with E-state index in [0.29, 0.717) is 198 Å². The van der Waals surface area contributed by atoms with E-state index < -0.39 is 46.7 Å². The fourth-order valence-electron chi connectivity index (χ4n) is 6.40. The summed E-state index contributed by atoms with van der Waals surface area (Å²) in [6.07, 6.45) is 3.67. The van der Waals surface area contributed by atoms with Gasteiger partial charge in [0.05, 0.1) is 172 Å². The molecule has 78 heavy (non-hydrogen) atoms. The molecule has 0 aromatic rings. The Bertz CT molecular complexity index is 1160. The molecular formula is C50H106Cl2O22Si4. The van der Waals surface area contributed by atoms with Crippen LogP contribution in [0.15, 0.2) is 0 Å². The fourth-order valence-corrected chi connectivity index (χ4v) is 19.7. The van der Waals surface area contributed by atoms with E-state index in [2.05, 4.69) is 52.4 Å². The Hall–Kier alpha value is -0.332. The third kappa shape index (κ3) is 69.9. The van der Waals surface area contributed by atoms with Crippen LogP contribution in [0.1, 0.15) is 25.7 Å². The van der Waals surface area contributed by atoms with E-state index in [1.54, 1.807) is 0 Å². The standard InChI is InChI=1S/C46H92Cl2O21Si2.C4H14OSi2/c1-70(2,41-7-11-53-15-18-56-19-20-57-21-22-58-23-24-59-25-26-60-27-28-61-30-33-63-36-39-66-46(50)44-48)69-71(3,4)42-8-12-67-68-40-37-64-34-31-55-17-14-52-10-6-5-9-51-13-16-54-29-32-62-35-38-65-45(49)43-47;1-6(2)5-7(3)4/h5-44H2,1-4H3;6-7H,1-4H3. The van der Waals surface area contributed by atoms with Crippen molar-refractivity contribution in [1.82, 2.24) is 0 Å². The van der Waals surface area contributed by atoms with Crippen molar-refractivity contribution in [3.05, 3.63) is 0 Å². The number of hydrogen-bond donors (Lipinski definition) is 0. The van der Waals surface area contributed by atoms with Crippen molar-refractivity contribution in [3.8, 4) is 0 Å². The van der Waals surface area contributed by atoms with Crippen LogP contribution in [-0.2, 0) is 103 Å². The second-order valence-electron chi connectivity index (χ2n) is 18.7. The number of halogens is 2. The maximum absolute atomic E-state index is 10.9. The topological polar surface area (TPSA) is 219 Å². The van der Waals surface area contributed by atoms with Crippen molar-refractivity contribution in [2.24, 2.45) is 0 Å². The zero-order chi connectivity index (χ0) is 57.7. The lowest BCUT2D eigenvalue weighted by Gasteiger charge is -2.34. The highest BCUT2D eigenvalue weighted by molar-refractivity contribution is 6.84. The SMILES string of the molecule is C[SiH](C)O[SiH](C)C.C[Si](C)(CCCOCCOCCOCCOCCOCCOCCOCCOCCOC(=O)CCl)O[Si](C)(C)CCCOOCCOCCOCCOCCCCOCCOCCOCCOC(=O)CCl. The van der Waals surface area contributed by atoms with Crippen LogP contribution >= 0.6 is 23.2 Å². The highest BCUT2D eigenvalue weighted by Crippen LogP contribution is 2.24. The van der Waals surface area contributed by atoms with Crippen molar-refractivity contribution in [3.63, 3.8) is 0 Å². The molecule has 28 heteroatoms. The number of alkyl halides is 2. The summed E-state index contributed by atoms with van der Waals surface area (Å²) in [5.41, 5.74) is 0. The molecule has 0 rings (SSSR count). The number of unbranched alkanes of at least 4 members (excludes halogenated alkanes) is 1.